The maximum Gasteiger partial charge on any atom is 0.218 e. The maximum absolute atomic E-state index is 5.36. The normalized spacial score (nSPS) is 10.6. The van der Waals surface area contributed by atoms with Crippen LogP contribution in [0.25, 0.3) is 11.0 Å². The Balaban J connectivity index is 2.73. The zero-order chi connectivity index (χ0) is 9.26. The van der Waals surface area contributed by atoms with Crippen LogP contribution in [0, 0.1) is 0 Å². The van der Waals surface area contributed by atoms with Crippen LogP contribution in [0.15, 0.2) is 24.3 Å². The standard InChI is InChI=1S/C9H12N4/c1-2-13-8-6-4-3-5-7(8)11-9(13)12-10/h3-6H,2,10H2,1H3,(H,11,12). The number of fused-ring (bicyclic) bond motifs is 1. The van der Waals surface area contributed by atoms with Gasteiger partial charge in [-0.05, 0) is 19.1 Å². The van der Waals surface area contributed by atoms with Crippen molar-refractivity contribution in [3.63, 3.8) is 0 Å². The molecule has 0 unspecified atom stereocenters. The van der Waals surface area contributed by atoms with Crippen LogP contribution in [-0.4, -0.2) is 9.55 Å². The zero-order valence-corrected chi connectivity index (χ0v) is 7.49. The van der Waals surface area contributed by atoms with Crippen LogP contribution in [0.3, 0.4) is 0 Å². The summed E-state index contributed by atoms with van der Waals surface area (Å²) in [7, 11) is 0. The monoisotopic (exact) mass is 176 g/mol. The number of hydrazine groups is 1. The third kappa shape index (κ3) is 1.15. The minimum atomic E-state index is 0.712. The van der Waals surface area contributed by atoms with Crippen LogP contribution >= 0.6 is 0 Å². The summed E-state index contributed by atoms with van der Waals surface area (Å²) in [5, 5.41) is 0. The fraction of sp³-hybridized carbons (Fsp3) is 0.222. The molecule has 3 N–H and O–H groups in total. The van der Waals surface area contributed by atoms with Gasteiger partial charge >= 0.3 is 0 Å². The summed E-state index contributed by atoms with van der Waals surface area (Å²) < 4.78 is 2.04. The zero-order valence-electron chi connectivity index (χ0n) is 7.49. The van der Waals surface area contributed by atoms with Crippen molar-refractivity contribution in [3.8, 4) is 0 Å². The number of aromatic nitrogens is 2. The number of nitrogen functional groups attached to an aromatic ring is 1. The van der Waals surface area contributed by atoms with Crippen molar-refractivity contribution in [3.05, 3.63) is 24.3 Å². The Morgan fingerprint density at radius 1 is 1.46 bits per heavy atom. The molecule has 4 nitrogen and oxygen atoms in total. The molecule has 2 aromatic rings. The number of para-hydroxylation sites is 2. The fourth-order valence-corrected chi connectivity index (χ4v) is 1.51. The van der Waals surface area contributed by atoms with Crippen molar-refractivity contribution in [1.29, 1.82) is 0 Å². The van der Waals surface area contributed by atoms with Gasteiger partial charge in [-0.2, -0.15) is 0 Å². The molecule has 4 heteroatoms. The number of anilines is 1. The van der Waals surface area contributed by atoms with Crippen molar-refractivity contribution in [2.45, 2.75) is 13.5 Å². The van der Waals surface area contributed by atoms with Crippen LogP contribution in [0.5, 0.6) is 0 Å². The Morgan fingerprint density at radius 3 is 2.92 bits per heavy atom. The molecule has 0 aliphatic rings. The molecule has 68 valence electrons. The van der Waals surface area contributed by atoms with E-state index < -0.39 is 0 Å². The molecule has 1 aromatic heterocycles. The first-order valence-electron chi connectivity index (χ1n) is 4.28. The number of nitrogens with one attached hydrogen (secondary N) is 1. The number of rotatable bonds is 2. The first kappa shape index (κ1) is 8.07. The lowest BCUT2D eigenvalue weighted by Crippen LogP contribution is -2.12. The number of benzene rings is 1. The lowest BCUT2D eigenvalue weighted by Gasteiger charge is -2.03. The molecule has 1 aromatic carbocycles. The van der Waals surface area contributed by atoms with Crippen molar-refractivity contribution in [1.82, 2.24) is 9.55 Å². The van der Waals surface area contributed by atoms with E-state index >= 15 is 0 Å². The molecule has 0 bridgehead atoms. The van der Waals surface area contributed by atoms with Crippen molar-refractivity contribution >= 4 is 17.0 Å². The second kappa shape index (κ2) is 3.06. The van der Waals surface area contributed by atoms with E-state index in [-0.39, 0.29) is 0 Å². The van der Waals surface area contributed by atoms with Gasteiger partial charge in [0, 0.05) is 6.54 Å². The predicted octanol–water partition coefficient (Wildman–Crippen LogP) is 1.34. The highest BCUT2D eigenvalue weighted by Crippen LogP contribution is 2.17. The Morgan fingerprint density at radius 2 is 2.23 bits per heavy atom. The molecule has 0 atom stereocenters. The molecule has 0 aliphatic heterocycles. The number of aryl methyl sites for hydroxylation is 1. The average molecular weight is 176 g/mol. The van der Waals surface area contributed by atoms with E-state index in [0.29, 0.717) is 5.95 Å². The lowest BCUT2D eigenvalue weighted by atomic mass is 10.3. The summed E-state index contributed by atoms with van der Waals surface area (Å²) in [5.74, 6) is 6.07. The molecule has 0 amide bonds. The fourth-order valence-electron chi connectivity index (χ4n) is 1.51. The highest BCUT2D eigenvalue weighted by molar-refractivity contribution is 5.78. The number of hydrogen-bond acceptors (Lipinski definition) is 3. The van der Waals surface area contributed by atoms with E-state index in [1.165, 1.54) is 0 Å². The third-order valence-electron chi connectivity index (χ3n) is 2.10. The largest absolute Gasteiger partial charge is 0.309 e. The topological polar surface area (TPSA) is 55.9 Å². The first-order valence-corrected chi connectivity index (χ1v) is 4.28. The minimum Gasteiger partial charge on any atom is -0.309 e. The summed E-state index contributed by atoms with van der Waals surface area (Å²) in [5.41, 5.74) is 4.67. The van der Waals surface area contributed by atoms with Crippen molar-refractivity contribution in [2.24, 2.45) is 5.84 Å². The van der Waals surface area contributed by atoms with Gasteiger partial charge in [0.25, 0.3) is 0 Å². The minimum absolute atomic E-state index is 0.712. The Labute approximate surface area is 76.3 Å². The highest BCUT2D eigenvalue weighted by Gasteiger charge is 2.05. The molecule has 0 saturated carbocycles. The molecule has 1 heterocycles. The third-order valence-corrected chi connectivity index (χ3v) is 2.10. The smallest absolute Gasteiger partial charge is 0.218 e. The Bertz CT molecular complexity index is 418. The molecule has 0 saturated heterocycles. The van der Waals surface area contributed by atoms with Gasteiger partial charge in [-0.15, -0.1) is 0 Å². The molecular formula is C9H12N4. The summed E-state index contributed by atoms with van der Waals surface area (Å²) in [6, 6.07) is 7.97. The SMILES string of the molecule is CCn1c(NN)nc2ccccc21. The molecule has 2 rings (SSSR count). The highest BCUT2D eigenvalue weighted by atomic mass is 15.3. The van der Waals surface area contributed by atoms with Gasteiger partial charge in [0.1, 0.15) is 0 Å². The van der Waals surface area contributed by atoms with Crippen LogP contribution < -0.4 is 11.3 Å². The molecular weight excluding hydrogens is 164 g/mol. The van der Waals surface area contributed by atoms with E-state index in [1.54, 1.807) is 0 Å². The number of nitrogens with two attached hydrogens (primary N) is 1. The Hall–Kier alpha value is -1.55. The van der Waals surface area contributed by atoms with Crippen LogP contribution in [0.2, 0.25) is 0 Å². The van der Waals surface area contributed by atoms with E-state index in [2.05, 4.69) is 17.3 Å². The number of hydrogen-bond donors (Lipinski definition) is 2. The second-order valence-electron chi connectivity index (χ2n) is 2.81. The van der Waals surface area contributed by atoms with Crippen LogP contribution in [0.4, 0.5) is 5.95 Å². The van der Waals surface area contributed by atoms with Gasteiger partial charge in [0.15, 0.2) is 0 Å². The molecule has 0 aliphatic carbocycles. The maximum atomic E-state index is 5.36. The number of imidazole rings is 1. The molecule has 0 fully saturated rings. The lowest BCUT2D eigenvalue weighted by molar-refractivity contribution is 0.791. The quantitative estimate of drug-likeness (QED) is 0.536. The second-order valence-corrected chi connectivity index (χ2v) is 2.81. The summed E-state index contributed by atoms with van der Waals surface area (Å²) in [4.78, 5) is 4.33. The van der Waals surface area contributed by atoms with Crippen molar-refractivity contribution in [2.75, 3.05) is 5.43 Å². The van der Waals surface area contributed by atoms with E-state index in [1.807, 2.05) is 28.8 Å². The van der Waals surface area contributed by atoms with Crippen molar-refractivity contribution < 1.29 is 0 Å². The first-order chi connectivity index (χ1) is 6.36. The van der Waals surface area contributed by atoms with E-state index in [4.69, 9.17) is 5.84 Å². The summed E-state index contributed by atoms with van der Waals surface area (Å²) in [6.07, 6.45) is 0. The van der Waals surface area contributed by atoms with E-state index in [9.17, 15) is 0 Å². The number of nitrogens with zero attached hydrogens (tertiary/aromatic N) is 2. The summed E-state index contributed by atoms with van der Waals surface area (Å²) >= 11 is 0. The molecule has 13 heavy (non-hydrogen) atoms. The Kier molecular flexibility index (Phi) is 1.90. The van der Waals surface area contributed by atoms with Crippen LogP contribution in [-0.2, 0) is 6.54 Å². The van der Waals surface area contributed by atoms with Gasteiger partial charge in [0.05, 0.1) is 11.0 Å². The van der Waals surface area contributed by atoms with Gasteiger partial charge in [-0.3, -0.25) is 5.43 Å². The average Bonchev–Trinajstić information content (AvgIpc) is 2.55. The van der Waals surface area contributed by atoms with E-state index in [0.717, 1.165) is 17.6 Å². The van der Waals surface area contributed by atoms with Gasteiger partial charge in [0.2, 0.25) is 5.95 Å². The molecule has 0 radical (unpaired) electrons. The van der Waals surface area contributed by atoms with Gasteiger partial charge in [-0.25, -0.2) is 10.8 Å². The van der Waals surface area contributed by atoms with Gasteiger partial charge in [-0.1, -0.05) is 12.1 Å². The summed E-state index contributed by atoms with van der Waals surface area (Å²) in [6.45, 7) is 2.93. The van der Waals surface area contributed by atoms with Crippen LogP contribution in [0.1, 0.15) is 6.92 Å². The predicted molar refractivity (Wildman–Crippen MR) is 53.2 cm³/mol. The van der Waals surface area contributed by atoms with Gasteiger partial charge < -0.3 is 4.57 Å². The molecule has 0 spiro atoms.